The van der Waals surface area contributed by atoms with E-state index in [1.165, 1.54) is 24.1 Å². The van der Waals surface area contributed by atoms with Crippen LogP contribution in [0.3, 0.4) is 0 Å². The van der Waals surface area contributed by atoms with Gasteiger partial charge in [0.2, 0.25) is 0 Å². The Morgan fingerprint density at radius 3 is 2.40 bits per heavy atom. The van der Waals surface area contributed by atoms with E-state index in [1.54, 1.807) is 44.4 Å². The zero-order valence-electron chi connectivity index (χ0n) is 14.3. The van der Waals surface area contributed by atoms with Gasteiger partial charge in [-0.1, -0.05) is 12.1 Å². The summed E-state index contributed by atoms with van der Waals surface area (Å²) in [7, 11) is 4.77. The van der Waals surface area contributed by atoms with Crippen LogP contribution in [0.4, 0.5) is 14.9 Å². The molecule has 0 aliphatic rings. The molecule has 0 spiro atoms. The summed E-state index contributed by atoms with van der Waals surface area (Å²) in [6.07, 6.45) is 0. The van der Waals surface area contributed by atoms with Crippen molar-refractivity contribution < 1.29 is 18.7 Å². The molecule has 0 unspecified atom stereocenters. The van der Waals surface area contributed by atoms with Crippen molar-refractivity contribution in [1.82, 2.24) is 10.2 Å². The zero-order chi connectivity index (χ0) is 18.4. The highest BCUT2D eigenvalue weighted by Crippen LogP contribution is 2.25. The third-order valence-corrected chi connectivity index (χ3v) is 3.47. The van der Waals surface area contributed by atoms with Crippen LogP contribution in [-0.2, 0) is 6.54 Å². The van der Waals surface area contributed by atoms with Crippen molar-refractivity contribution in [3.05, 3.63) is 59.4 Å². The van der Waals surface area contributed by atoms with E-state index in [4.69, 9.17) is 4.74 Å². The second-order valence-corrected chi connectivity index (χ2v) is 5.55. The molecule has 2 N–H and O–H groups in total. The van der Waals surface area contributed by atoms with Crippen molar-refractivity contribution >= 4 is 17.6 Å². The molecule has 0 saturated carbocycles. The minimum atomic E-state index is -0.461. The fraction of sp³-hybridized carbons (Fsp3) is 0.222. The molecule has 25 heavy (non-hydrogen) atoms. The number of carbonyl (C=O) groups is 2. The van der Waals surface area contributed by atoms with Crippen LogP contribution < -0.4 is 15.4 Å². The lowest BCUT2D eigenvalue weighted by molar-refractivity contribution is 0.0827. The number of benzene rings is 2. The fourth-order valence-corrected chi connectivity index (χ4v) is 2.15. The number of hydrogen-bond acceptors (Lipinski definition) is 3. The summed E-state index contributed by atoms with van der Waals surface area (Å²) in [6.45, 7) is 0.241. The number of nitrogens with zero attached hydrogens (tertiary/aromatic N) is 1. The molecule has 0 radical (unpaired) electrons. The average Bonchev–Trinajstić information content (AvgIpc) is 2.60. The maximum Gasteiger partial charge on any atom is 0.319 e. The van der Waals surface area contributed by atoms with Crippen molar-refractivity contribution in [2.45, 2.75) is 6.54 Å². The van der Waals surface area contributed by atoms with Gasteiger partial charge in [-0.3, -0.25) is 4.79 Å². The Morgan fingerprint density at radius 1 is 1.12 bits per heavy atom. The quantitative estimate of drug-likeness (QED) is 0.875. The molecule has 0 fully saturated rings. The van der Waals surface area contributed by atoms with Crippen LogP contribution in [0.1, 0.15) is 15.9 Å². The van der Waals surface area contributed by atoms with Gasteiger partial charge in [-0.25, -0.2) is 9.18 Å². The monoisotopic (exact) mass is 345 g/mol. The Labute approximate surface area is 145 Å². The molecule has 0 bridgehead atoms. The van der Waals surface area contributed by atoms with Crippen LogP contribution in [0.5, 0.6) is 5.75 Å². The van der Waals surface area contributed by atoms with Gasteiger partial charge < -0.3 is 20.3 Å². The number of carbonyl (C=O) groups excluding carboxylic acids is 2. The van der Waals surface area contributed by atoms with Crippen molar-refractivity contribution in [2.75, 3.05) is 26.5 Å². The molecular weight excluding hydrogens is 325 g/mol. The Bertz CT molecular complexity index is 761. The Morgan fingerprint density at radius 2 is 1.80 bits per heavy atom. The van der Waals surface area contributed by atoms with Gasteiger partial charge in [-0.15, -0.1) is 0 Å². The highest BCUT2D eigenvalue weighted by Gasteiger charge is 2.13. The summed E-state index contributed by atoms with van der Waals surface area (Å²) in [5, 5.41) is 5.32. The number of methoxy groups -OCH3 is 1. The summed E-state index contributed by atoms with van der Waals surface area (Å²) in [5.74, 6) is -0.0787. The Hall–Kier alpha value is -3.09. The van der Waals surface area contributed by atoms with Gasteiger partial charge in [0.05, 0.1) is 12.8 Å². The van der Waals surface area contributed by atoms with Gasteiger partial charge in [0.15, 0.2) is 0 Å². The van der Waals surface area contributed by atoms with Crippen molar-refractivity contribution in [3.8, 4) is 5.75 Å². The number of urea groups is 1. The van der Waals surface area contributed by atoms with E-state index < -0.39 is 6.03 Å². The maximum absolute atomic E-state index is 12.9. The Balaban J connectivity index is 2.06. The summed E-state index contributed by atoms with van der Waals surface area (Å²) < 4.78 is 18.1. The van der Waals surface area contributed by atoms with E-state index in [0.717, 1.165) is 5.56 Å². The van der Waals surface area contributed by atoms with E-state index >= 15 is 0 Å². The van der Waals surface area contributed by atoms with Crippen molar-refractivity contribution in [3.63, 3.8) is 0 Å². The molecule has 7 heteroatoms. The summed E-state index contributed by atoms with van der Waals surface area (Å²) in [5.41, 5.74) is 1.58. The predicted octanol–water partition coefficient (Wildman–Crippen LogP) is 2.86. The molecule has 132 valence electrons. The van der Waals surface area contributed by atoms with Crippen LogP contribution in [0.15, 0.2) is 42.5 Å². The topological polar surface area (TPSA) is 70.7 Å². The third kappa shape index (κ3) is 4.94. The molecule has 2 rings (SSSR count). The molecule has 3 amide bonds. The average molecular weight is 345 g/mol. The minimum Gasteiger partial charge on any atom is -0.495 e. The highest BCUT2D eigenvalue weighted by molar-refractivity contribution is 5.97. The first-order valence-electron chi connectivity index (χ1n) is 7.59. The summed E-state index contributed by atoms with van der Waals surface area (Å²) >= 11 is 0. The van der Waals surface area contributed by atoms with E-state index in [-0.39, 0.29) is 18.3 Å². The molecule has 0 heterocycles. The molecule has 2 aromatic rings. The molecule has 0 aliphatic heterocycles. The number of rotatable bonds is 5. The Kier molecular flexibility index (Phi) is 5.94. The molecular formula is C18H20FN3O3. The standard InChI is InChI=1S/C18H20FN3O3/c1-22(2)17(23)13-6-9-16(25-3)15(10-13)21-18(24)20-11-12-4-7-14(19)8-5-12/h4-10H,11H2,1-3H3,(H2,20,21,24). The van der Waals surface area contributed by atoms with E-state index in [0.29, 0.717) is 17.0 Å². The van der Waals surface area contributed by atoms with Gasteiger partial charge >= 0.3 is 6.03 Å². The third-order valence-electron chi connectivity index (χ3n) is 3.47. The first kappa shape index (κ1) is 18.3. The van der Waals surface area contributed by atoms with Gasteiger partial charge in [0.1, 0.15) is 11.6 Å². The largest absolute Gasteiger partial charge is 0.495 e. The van der Waals surface area contributed by atoms with Crippen LogP contribution in [0, 0.1) is 5.82 Å². The predicted molar refractivity (Wildman–Crippen MR) is 93.3 cm³/mol. The van der Waals surface area contributed by atoms with Gasteiger partial charge in [0, 0.05) is 26.2 Å². The number of ether oxygens (including phenoxy) is 1. The number of amides is 3. The van der Waals surface area contributed by atoms with Crippen LogP contribution in [0.2, 0.25) is 0 Å². The lowest BCUT2D eigenvalue weighted by atomic mass is 10.1. The first-order valence-corrected chi connectivity index (χ1v) is 7.59. The van der Waals surface area contributed by atoms with Crippen molar-refractivity contribution in [2.24, 2.45) is 0 Å². The smallest absolute Gasteiger partial charge is 0.319 e. The summed E-state index contributed by atoms with van der Waals surface area (Å²) in [4.78, 5) is 25.6. The zero-order valence-corrected chi connectivity index (χ0v) is 14.3. The maximum atomic E-state index is 12.9. The molecule has 0 atom stereocenters. The van der Waals surface area contributed by atoms with E-state index in [2.05, 4.69) is 10.6 Å². The highest BCUT2D eigenvalue weighted by atomic mass is 19.1. The molecule has 0 aromatic heterocycles. The SMILES string of the molecule is COc1ccc(C(=O)N(C)C)cc1NC(=O)NCc1ccc(F)cc1. The van der Waals surface area contributed by atoms with Crippen LogP contribution in [0.25, 0.3) is 0 Å². The molecule has 0 saturated heterocycles. The van der Waals surface area contributed by atoms with Gasteiger partial charge in [0.25, 0.3) is 5.91 Å². The normalized spacial score (nSPS) is 10.1. The lowest BCUT2D eigenvalue weighted by Gasteiger charge is -2.15. The lowest BCUT2D eigenvalue weighted by Crippen LogP contribution is -2.28. The fourth-order valence-electron chi connectivity index (χ4n) is 2.15. The van der Waals surface area contributed by atoms with Gasteiger partial charge in [-0.05, 0) is 35.9 Å². The number of nitrogens with one attached hydrogen (secondary N) is 2. The molecule has 6 nitrogen and oxygen atoms in total. The second-order valence-electron chi connectivity index (χ2n) is 5.55. The minimum absolute atomic E-state index is 0.183. The second kappa shape index (κ2) is 8.14. The number of hydrogen-bond donors (Lipinski definition) is 2. The van der Waals surface area contributed by atoms with Crippen molar-refractivity contribution in [1.29, 1.82) is 0 Å². The van der Waals surface area contributed by atoms with Crippen LogP contribution in [-0.4, -0.2) is 38.0 Å². The molecule has 0 aliphatic carbocycles. The number of halogens is 1. The number of anilines is 1. The van der Waals surface area contributed by atoms with E-state index in [1.807, 2.05) is 0 Å². The first-order chi connectivity index (χ1) is 11.9. The van der Waals surface area contributed by atoms with Crippen LogP contribution >= 0.6 is 0 Å². The van der Waals surface area contributed by atoms with Gasteiger partial charge in [-0.2, -0.15) is 0 Å². The molecule has 2 aromatic carbocycles. The summed E-state index contributed by atoms with van der Waals surface area (Å²) in [6, 6.07) is 10.2. The van der Waals surface area contributed by atoms with E-state index in [9.17, 15) is 14.0 Å².